The van der Waals surface area contributed by atoms with E-state index in [4.69, 9.17) is 4.74 Å². The number of aromatic nitrogens is 2. The predicted octanol–water partition coefficient (Wildman–Crippen LogP) is 2.68. The van der Waals surface area contributed by atoms with Gasteiger partial charge in [-0.1, -0.05) is 6.07 Å². The van der Waals surface area contributed by atoms with Crippen LogP contribution >= 0.6 is 0 Å². The van der Waals surface area contributed by atoms with E-state index in [1.807, 2.05) is 0 Å². The van der Waals surface area contributed by atoms with Crippen molar-refractivity contribution < 1.29 is 23.2 Å². The minimum Gasteiger partial charge on any atom is -0.497 e. The number of hydrogen-bond acceptors (Lipinski definition) is 5. The number of nitro groups is 1. The molecule has 0 aliphatic heterocycles. The second-order valence-corrected chi connectivity index (χ2v) is 4.81. The summed E-state index contributed by atoms with van der Waals surface area (Å²) >= 11 is 0. The number of nitrogens with one attached hydrogen (secondary N) is 1. The van der Waals surface area contributed by atoms with Gasteiger partial charge < -0.3 is 10.1 Å². The summed E-state index contributed by atoms with van der Waals surface area (Å²) in [6.07, 6.45) is -3.10. The second-order valence-electron chi connectivity index (χ2n) is 4.81. The number of amides is 1. The molecule has 0 aliphatic carbocycles. The Morgan fingerprint density at radius 2 is 2.21 bits per heavy atom. The molecule has 0 atom stereocenters. The summed E-state index contributed by atoms with van der Waals surface area (Å²) in [5, 5.41) is 16.9. The highest BCUT2D eigenvalue weighted by Gasteiger charge is 2.31. The molecule has 8 nitrogen and oxygen atoms in total. The molecule has 0 unspecified atom stereocenters. The molecule has 1 aromatic carbocycles. The summed E-state index contributed by atoms with van der Waals surface area (Å²) in [5.41, 5.74) is -1.41. The van der Waals surface area contributed by atoms with Crippen molar-refractivity contribution in [3.63, 3.8) is 0 Å². The van der Waals surface area contributed by atoms with E-state index in [1.165, 1.54) is 14.0 Å². The van der Waals surface area contributed by atoms with Crippen molar-refractivity contribution in [1.29, 1.82) is 0 Å². The van der Waals surface area contributed by atoms with Crippen molar-refractivity contribution in [2.24, 2.45) is 0 Å². The van der Waals surface area contributed by atoms with Gasteiger partial charge in [0.25, 0.3) is 6.43 Å². The SMILES string of the molecule is COc1cccc(NC(=O)Cn2nc(C(F)F)c([N+](=O)[O-])c2C)c1. The maximum atomic E-state index is 12.9. The zero-order valence-electron chi connectivity index (χ0n) is 12.8. The summed E-state index contributed by atoms with van der Waals surface area (Å²) in [6, 6.07) is 6.53. The van der Waals surface area contributed by atoms with Crippen LogP contribution in [-0.4, -0.2) is 27.7 Å². The second kappa shape index (κ2) is 7.02. The van der Waals surface area contributed by atoms with Crippen LogP contribution < -0.4 is 10.1 Å². The number of rotatable bonds is 6. The molecule has 0 aliphatic rings. The average molecular weight is 340 g/mol. The van der Waals surface area contributed by atoms with Crippen molar-refractivity contribution >= 4 is 17.3 Å². The van der Waals surface area contributed by atoms with Crippen LogP contribution in [0.5, 0.6) is 5.75 Å². The first-order chi connectivity index (χ1) is 11.3. The smallest absolute Gasteiger partial charge is 0.319 e. The predicted molar refractivity (Wildman–Crippen MR) is 80.2 cm³/mol. The molecule has 1 N–H and O–H groups in total. The van der Waals surface area contributed by atoms with Crippen molar-refractivity contribution in [2.75, 3.05) is 12.4 Å². The fraction of sp³-hybridized carbons (Fsp3) is 0.286. The maximum absolute atomic E-state index is 12.9. The lowest BCUT2D eigenvalue weighted by molar-refractivity contribution is -0.386. The Morgan fingerprint density at radius 1 is 1.50 bits per heavy atom. The molecule has 0 spiro atoms. The van der Waals surface area contributed by atoms with Crippen LogP contribution in [0.25, 0.3) is 0 Å². The fourth-order valence-corrected chi connectivity index (χ4v) is 2.12. The van der Waals surface area contributed by atoms with E-state index in [0.29, 0.717) is 11.4 Å². The van der Waals surface area contributed by atoms with Gasteiger partial charge in [-0.05, 0) is 19.1 Å². The summed E-state index contributed by atoms with van der Waals surface area (Å²) in [4.78, 5) is 22.0. The number of hydrogen-bond donors (Lipinski definition) is 1. The van der Waals surface area contributed by atoms with Crippen molar-refractivity contribution in [1.82, 2.24) is 9.78 Å². The fourth-order valence-electron chi connectivity index (χ4n) is 2.12. The van der Waals surface area contributed by atoms with Gasteiger partial charge in [0.05, 0.1) is 12.0 Å². The van der Waals surface area contributed by atoms with E-state index in [-0.39, 0.29) is 5.69 Å². The molecule has 24 heavy (non-hydrogen) atoms. The Hall–Kier alpha value is -3.04. The third-order valence-electron chi connectivity index (χ3n) is 3.24. The summed E-state index contributed by atoms with van der Waals surface area (Å²) in [5.74, 6) is -0.0386. The molecule has 1 amide bonds. The molecule has 1 heterocycles. The summed E-state index contributed by atoms with van der Waals surface area (Å²) in [6.45, 7) is 0.826. The van der Waals surface area contributed by atoms with Gasteiger partial charge in [0, 0.05) is 11.8 Å². The first-order valence-electron chi connectivity index (χ1n) is 6.77. The van der Waals surface area contributed by atoms with Crippen LogP contribution in [0.2, 0.25) is 0 Å². The van der Waals surface area contributed by atoms with Crippen molar-refractivity contribution in [3.05, 3.63) is 45.8 Å². The Kier molecular flexibility index (Phi) is 5.07. The van der Waals surface area contributed by atoms with Gasteiger partial charge in [0.15, 0.2) is 0 Å². The van der Waals surface area contributed by atoms with E-state index < -0.39 is 35.2 Å². The largest absolute Gasteiger partial charge is 0.497 e. The number of nitrogens with zero attached hydrogens (tertiary/aromatic N) is 3. The number of halogens is 2. The van der Waals surface area contributed by atoms with Crippen molar-refractivity contribution in [2.45, 2.75) is 19.9 Å². The molecule has 0 radical (unpaired) electrons. The third kappa shape index (κ3) is 3.65. The lowest BCUT2D eigenvalue weighted by Gasteiger charge is -2.07. The number of alkyl halides is 2. The molecular weight excluding hydrogens is 326 g/mol. The van der Waals surface area contributed by atoms with E-state index in [2.05, 4.69) is 10.4 Å². The molecule has 2 rings (SSSR count). The first-order valence-corrected chi connectivity index (χ1v) is 6.77. The lowest BCUT2D eigenvalue weighted by Crippen LogP contribution is -2.20. The molecule has 128 valence electrons. The quantitative estimate of drug-likeness (QED) is 0.644. The van der Waals surface area contributed by atoms with Crippen molar-refractivity contribution in [3.8, 4) is 5.75 Å². The average Bonchev–Trinajstić information content (AvgIpc) is 2.84. The number of carbonyl (C=O) groups is 1. The van der Waals surface area contributed by atoms with Gasteiger partial charge in [-0.15, -0.1) is 0 Å². The standard InChI is InChI=1S/C14H14F2N4O4/c1-8-13(20(22)23)12(14(15)16)18-19(8)7-11(21)17-9-4-3-5-10(6-9)24-2/h3-6,14H,7H2,1-2H3,(H,17,21). The first kappa shape index (κ1) is 17.3. The van der Waals surface area contributed by atoms with Gasteiger partial charge in [-0.25, -0.2) is 8.78 Å². The molecule has 2 aromatic rings. The van der Waals surface area contributed by atoms with Crippen LogP contribution in [0.3, 0.4) is 0 Å². The highest BCUT2D eigenvalue weighted by Crippen LogP contribution is 2.30. The molecule has 0 fully saturated rings. The normalized spacial score (nSPS) is 10.7. The Balaban J connectivity index is 2.19. The van der Waals surface area contributed by atoms with Crippen LogP contribution in [-0.2, 0) is 11.3 Å². The minimum atomic E-state index is -3.10. The van der Waals surface area contributed by atoms with Gasteiger partial charge >= 0.3 is 5.69 Å². The van der Waals surface area contributed by atoms with E-state index in [9.17, 15) is 23.7 Å². The Bertz CT molecular complexity index is 776. The number of benzene rings is 1. The zero-order chi connectivity index (χ0) is 17.9. The zero-order valence-corrected chi connectivity index (χ0v) is 12.8. The molecule has 0 saturated heterocycles. The number of anilines is 1. The van der Waals surface area contributed by atoms with Gasteiger partial charge in [0.1, 0.15) is 18.0 Å². The van der Waals surface area contributed by atoms with Crippen LogP contribution in [0, 0.1) is 17.0 Å². The minimum absolute atomic E-state index is 0.115. The highest BCUT2D eigenvalue weighted by molar-refractivity contribution is 5.90. The van der Waals surface area contributed by atoms with Crippen LogP contribution in [0.15, 0.2) is 24.3 Å². The molecule has 10 heteroatoms. The number of carbonyl (C=O) groups excluding carboxylic acids is 1. The van der Waals surface area contributed by atoms with Crippen LogP contribution in [0.4, 0.5) is 20.2 Å². The lowest BCUT2D eigenvalue weighted by atomic mass is 10.3. The maximum Gasteiger partial charge on any atom is 0.319 e. The summed E-state index contributed by atoms with van der Waals surface area (Å²) in [7, 11) is 1.47. The van der Waals surface area contributed by atoms with E-state index in [1.54, 1.807) is 24.3 Å². The Morgan fingerprint density at radius 3 is 2.75 bits per heavy atom. The molecule has 0 bridgehead atoms. The van der Waals surface area contributed by atoms with Gasteiger partial charge in [-0.3, -0.25) is 19.6 Å². The van der Waals surface area contributed by atoms with Gasteiger partial charge in [0.2, 0.25) is 11.6 Å². The Labute approximate surface area is 135 Å². The van der Waals surface area contributed by atoms with Gasteiger partial charge in [-0.2, -0.15) is 5.10 Å². The topological polar surface area (TPSA) is 99.3 Å². The van der Waals surface area contributed by atoms with Crippen LogP contribution in [0.1, 0.15) is 17.8 Å². The van der Waals surface area contributed by atoms with E-state index >= 15 is 0 Å². The monoisotopic (exact) mass is 340 g/mol. The molecule has 1 aromatic heterocycles. The number of ether oxygens (including phenoxy) is 1. The molecule has 0 saturated carbocycles. The summed E-state index contributed by atoms with van der Waals surface area (Å²) < 4.78 is 31.6. The number of methoxy groups -OCH3 is 1. The van der Waals surface area contributed by atoms with E-state index in [0.717, 1.165) is 4.68 Å². The third-order valence-corrected chi connectivity index (χ3v) is 3.24. The molecular formula is C14H14F2N4O4. The highest BCUT2D eigenvalue weighted by atomic mass is 19.3.